The topological polar surface area (TPSA) is 60.2 Å². The van der Waals surface area contributed by atoms with Gasteiger partial charge < -0.3 is 4.42 Å². The van der Waals surface area contributed by atoms with Crippen LogP contribution in [0.2, 0.25) is 10.0 Å². The summed E-state index contributed by atoms with van der Waals surface area (Å²) in [4.78, 5) is 27.9. The van der Waals surface area contributed by atoms with Crippen LogP contribution in [0.5, 0.6) is 0 Å². The average molecular weight is 298 g/mol. The Balaban J connectivity index is 2.24. The molecule has 1 atom stereocenters. The van der Waals surface area contributed by atoms with E-state index in [1.54, 1.807) is 6.07 Å². The summed E-state index contributed by atoms with van der Waals surface area (Å²) in [6, 6.07) is 3.05. The first-order chi connectivity index (χ1) is 9.06. The van der Waals surface area contributed by atoms with Gasteiger partial charge in [-0.3, -0.25) is 4.79 Å². The standard InChI is InChI=1S/C13H9Cl2NO3/c14-6-4-8(15)12-9(5-6)16-11(13(18)19-12)7-2-1-3-10(7)17/h4-5,7H,1-3H2/t7-/m1/s1. The summed E-state index contributed by atoms with van der Waals surface area (Å²) in [5.74, 6) is -0.425. The van der Waals surface area contributed by atoms with Gasteiger partial charge in [-0.25, -0.2) is 9.78 Å². The van der Waals surface area contributed by atoms with Gasteiger partial charge in [0, 0.05) is 11.4 Å². The van der Waals surface area contributed by atoms with Crippen molar-refractivity contribution in [3.63, 3.8) is 0 Å². The molecule has 1 heterocycles. The molecule has 1 fully saturated rings. The number of hydrogen-bond acceptors (Lipinski definition) is 4. The fourth-order valence-corrected chi connectivity index (χ4v) is 2.90. The monoisotopic (exact) mass is 297 g/mol. The van der Waals surface area contributed by atoms with E-state index in [1.807, 2.05) is 0 Å². The predicted molar refractivity (Wildman–Crippen MR) is 71.9 cm³/mol. The molecule has 2 aromatic rings. The molecular formula is C13H9Cl2NO3. The van der Waals surface area contributed by atoms with Crippen LogP contribution in [-0.4, -0.2) is 10.8 Å². The molecule has 1 aliphatic carbocycles. The van der Waals surface area contributed by atoms with Crippen LogP contribution in [-0.2, 0) is 4.79 Å². The van der Waals surface area contributed by atoms with E-state index in [1.165, 1.54) is 6.07 Å². The molecule has 19 heavy (non-hydrogen) atoms. The molecule has 1 aromatic heterocycles. The number of rotatable bonds is 1. The average Bonchev–Trinajstić information content (AvgIpc) is 2.76. The normalized spacial score (nSPS) is 19.3. The number of carbonyl (C=O) groups is 1. The Bertz CT molecular complexity index is 738. The van der Waals surface area contributed by atoms with Crippen LogP contribution in [0.15, 0.2) is 21.3 Å². The van der Waals surface area contributed by atoms with Crippen LogP contribution in [0.1, 0.15) is 30.9 Å². The van der Waals surface area contributed by atoms with Gasteiger partial charge in [-0.2, -0.15) is 0 Å². The van der Waals surface area contributed by atoms with Crippen LogP contribution < -0.4 is 5.63 Å². The third-order valence-corrected chi connectivity index (χ3v) is 3.77. The van der Waals surface area contributed by atoms with Crippen LogP contribution in [0.3, 0.4) is 0 Å². The van der Waals surface area contributed by atoms with Crippen LogP contribution in [0.4, 0.5) is 0 Å². The molecule has 0 saturated heterocycles. The second kappa shape index (κ2) is 4.62. The van der Waals surface area contributed by atoms with E-state index in [9.17, 15) is 9.59 Å². The van der Waals surface area contributed by atoms with Crippen molar-refractivity contribution in [3.05, 3.63) is 38.3 Å². The lowest BCUT2D eigenvalue weighted by Gasteiger charge is -2.07. The Morgan fingerprint density at radius 1 is 1.26 bits per heavy atom. The van der Waals surface area contributed by atoms with Crippen molar-refractivity contribution in [2.75, 3.05) is 0 Å². The number of ketones is 1. The molecule has 0 bridgehead atoms. The third kappa shape index (κ3) is 2.15. The Kier molecular flexibility index (Phi) is 3.07. The molecular weight excluding hydrogens is 289 g/mol. The molecule has 0 aliphatic heterocycles. The highest BCUT2D eigenvalue weighted by Gasteiger charge is 2.30. The van der Waals surface area contributed by atoms with Gasteiger partial charge in [0.15, 0.2) is 5.58 Å². The summed E-state index contributed by atoms with van der Waals surface area (Å²) in [6.45, 7) is 0. The molecule has 0 N–H and O–H groups in total. The Labute approximate surface area is 118 Å². The molecule has 1 saturated carbocycles. The first-order valence-electron chi connectivity index (χ1n) is 5.89. The molecule has 6 heteroatoms. The van der Waals surface area contributed by atoms with Gasteiger partial charge in [0.25, 0.3) is 0 Å². The van der Waals surface area contributed by atoms with Crippen molar-refractivity contribution < 1.29 is 9.21 Å². The second-order valence-corrected chi connectivity index (χ2v) is 5.38. The van der Waals surface area contributed by atoms with E-state index in [0.717, 1.165) is 6.42 Å². The molecule has 0 unspecified atom stereocenters. The van der Waals surface area contributed by atoms with Crippen molar-refractivity contribution in [1.82, 2.24) is 4.98 Å². The summed E-state index contributed by atoms with van der Waals surface area (Å²) in [7, 11) is 0. The maximum absolute atomic E-state index is 11.9. The summed E-state index contributed by atoms with van der Waals surface area (Å²) < 4.78 is 5.18. The van der Waals surface area contributed by atoms with Crippen LogP contribution >= 0.6 is 23.2 Å². The molecule has 0 amide bonds. The molecule has 98 valence electrons. The van der Waals surface area contributed by atoms with E-state index < -0.39 is 11.5 Å². The zero-order chi connectivity index (χ0) is 13.6. The van der Waals surface area contributed by atoms with Gasteiger partial charge >= 0.3 is 5.63 Å². The Morgan fingerprint density at radius 2 is 2.05 bits per heavy atom. The van der Waals surface area contributed by atoms with Crippen LogP contribution in [0, 0.1) is 0 Å². The fraction of sp³-hybridized carbons (Fsp3) is 0.308. The molecule has 1 aromatic carbocycles. The zero-order valence-electron chi connectivity index (χ0n) is 9.78. The maximum Gasteiger partial charge on any atom is 0.358 e. The highest BCUT2D eigenvalue weighted by atomic mass is 35.5. The zero-order valence-corrected chi connectivity index (χ0v) is 11.3. The highest BCUT2D eigenvalue weighted by molar-refractivity contribution is 6.37. The number of halogens is 2. The number of Topliss-reactive ketones (excluding diaryl/α,β-unsaturated/α-hetero) is 1. The number of nitrogens with zero attached hydrogens (tertiary/aromatic N) is 1. The Morgan fingerprint density at radius 3 is 2.74 bits per heavy atom. The molecule has 3 rings (SSSR count). The summed E-state index contributed by atoms with van der Waals surface area (Å²) in [5.41, 5.74) is 0.155. The molecule has 4 nitrogen and oxygen atoms in total. The lowest BCUT2D eigenvalue weighted by Crippen LogP contribution is -2.18. The minimum atomic E-state index is -0.600. The van der Waals surface area contributed by atoms with Crippen molar-refractivity contribution in [2.45, 2.75) is 25.2 Å². The minimum absolute atomic E-state index is 0.0345. The summed E-state index contributed by atoms with van der Waals surface area (Å²) >= 11 is 11.8. The lowest BCUT2D eigenvalue weighted by atomic mass is 10.0. The molecule has 1 aliphatic rings. The first kappa shape index (κ1) is 12.6. The smallest absolute Gasteiger partial charge is 0.358 e. The second-order valence-electron chi connectivity index (χ2n) is 4.53. The van der Waals surface area contributed by atoms with Crippen LogP contribution in [0.25, 0.3) is 11.1 Å². The first-order valence-corrected chi connectivity index (χ1v) is 6.64. The molecule has 0 radical (unpaired) electrons. The molecule has 0 spiro atoms. The van der Waals surface area contributed by atoms with E-state index >= 15 is 0 Å². The van der Waals surface area contributed by atoms with Crippen molar-refractivity contribution >= 4 is 40.1 Å². The quantitative estimate of drug-likeness (QED) is 0.810. The largest absolute Gasteiger partial charge is 0.418 e. The number of aromatic nitrogens is 1. The summed E-state index contributed by atoms with van der Waals surface area (Å²) in [6.07, 6.45) is 1.90. The van der Waals surface area contributed by atoms with Gasteiger partial charge in [-0.15, -0.1) is 0 Å². The van der Waals surface area contributed by atoms with Gasteiger partial charge in [0.05, 0.1) is 10.9 Å². The van der Waals surface area contributed by atoms with Gasteiger partial charge in [-0.05, 0) is 25.0 Å². The van der Waals surface area contributed by atoms with Crippen molar-refractivity contribution in [2.24, 2.45) is 0 Å². The third-order valence-electron chi connectivity index (χ3n) is 3.27. The number of fused-ring (bicyclic) bond motifs is 1. The van der Waals surface area contributed by atoms with Crippen molar-refractivity contribution in [3.8, 4) is 0 Å². The fourth-order valence-electron chi connectivity index (χ4n) is 2.38. The van der Waals surface area contributed by atoms with Gasteiger partial charge in [-0.1, -0.05) is 23.2 Å². The van der Waals surface area contributed by atoms with E-state index in [4.69, 9.17) is 27.6 Å². The SMILES string of the molecule is O=C1CCC[C@H]1c1nc2cc(Cl)cc(Cl)c2oc1=O. The Hall–Kier alpha value is -1.39. The van der Waals surface area contributed by atoms with Gasteiger partial charge in [0.1, 0.15) is 17.0 Å². The number of hydrogen-bond donors (Lipinski definition) is 0. The predicted octanol–water partition coefficient (Wildman–Crippen LogP) is 3.33. The van der Waals surface area contributed by atoms with Crippen molar-refractivity contribution in [1.29, 1.82) is 0 Å². The van der Waals surface area contributed by atoms with E-state index in [2.05, 4.69) is 4.98 Å². The number of carbonyl (C=O) groups excluding carboxylic acids is 1. The number of benzene rings is 1. The van der Waals surface area contributed by atoms with E-state index in [0.29, 0.717) is 23.4 Å². The van der Waals surface area contributed by atoms with Gasteiger partial charge in [0.2, 0.25) is 0 Å². The maximum atomic E-state index is 11.9. The highest BCUT2D eigenvalue weighted by Crippen LogP contribution is 2.31. The summed E-state index contributed by atoms with van der Waals surface area (Å²) in [5, 5.41) is 0.638. The van der Waals surface area contributed by atoms with E-state index in [-0.39, 0.29) is 22.1 Å². The lowest BCUT2D eigenvalue weighted by molar-refractivity contribution is -0.118. The minimum Gasteiger partial charge on any atom is -0.418 e.